The highest BCUT2D eigenvalue weighted by Gasteiger charge is 2.11. The van der Waals surface area contributed by atoms with Crippen molar-refractivity contribution < 1.29 is 14.7 Å². The van der Waals surface area contributed by atoms with Crippen molar-refractivity contribution in [3.63, 3.8) is 0 Å². The molecule has 0 atom stereocenters. The maximum absolute atomic E-state index is 12.0. The molecule has 2 rings (SSSR count). The Morgan fingerprint density at radius 2 is 1.91 bits per heavy atom. The number of thiazole rings is 1. The van der Waals surface area contributed by atoms with Gasteiger partial charge in [0.2, 0.25) is 0 Å². The monoisotopic (exact) mass is 352 g/mol. The van der Waals surface area contributed by atoms with Crippen molar-refractivity contribution in [3.05, 3.63) is 40.4 Å². The summed E-state index contributed by atoms with van der Waals surface area (Å²) in [4.78, 5) is 26.7. The lowest BCUT2D eigenvalue weighted by molar-refractivity contribution is -0.137. The number of carboxylic acids is 1. The van der Waals surface area contributed by atoms with Crippen molar-refractivity contribution in [3.8, 4) is 10.6 Å². The Kier molecular flexibility index (Phi) is 6.55. The molecule has 0 bridgehead atoms. The van der Waals surface area contributed by atoms with E-state index in [9.17, 15) is 9.59 Å². The van der Waals surface area contributed by atoms with Gasteiger partial charge in [-0.2, -0.15) is 0 Å². The Labute approximate surface area is 143 Å². The fourth-order valence-electron chi connectivity index (χ4n) is 1.97. The van der Waals surface area contributed by atoms with E-state index in [2.05, 4.69) is 10.3 Å². The second-order valence-electron chi connectivity index (χ2n) is 5.01. The lowest BCUT2D eigenvalue weighted by Gasteiger charge is -2.02. The number of rotatable bonds is 8. The van der Waals surface area contributed by atoms with Gasteiger partial charge in [0.05, 0.1) is 0 Å². The van der Waals surface area contributed by atoms with E-state index >= 15 is 0 Å². The summed E-state index contributed by atoms with van der Waals surface area (Å²) in [5, 5.41) is 14.5. The van der Waals surface area contributed by atoms with Crippen LogP contribution in [0.3, 0.4) is 0 Å². The number of halogens is 1. The molecular weight excluding hydrogens is 336 g/mol. The van der Waals surface area contributed by atoms with Gasteiger partial charge < -0.3 is 10.4 Å². The van der Waals surface area contributed by atoms with Crippen molar-refractivity contribution in [2.45, 2.75) is 25.7 Å². The van der Waals surface area contributed by atoms with E-state index in [1.54, 1.807) is 17.5 Å². The Balaban J connectivity index is 1.79. The summed E-state index contributed by atoms with van der Waals surface area (Å²) in [6.07, 6.45) is 2.33. The van der Waals surface area contributed by atoms with Crippen LogP contribution in [-0.4, -0.2) is 28.5 Å². The van der Waals surface area contributed by atoms with Crippen molar-refractivity contribution in [2.75, 3.05) is 6.54 Å². The van der Waals surface area contributed by atoms with Gasteiger partial charge in [0.1, 0.15) is 10.7 Å². The van der Waals surface area contributed by atoms with Crippen LogP contribution in [-0.2, 0) is 4.79 Å². The molecule has 1 aromatic carbocycles. The molecular formula is C16H17ClN2O3S. The first-order chi connectivity index (χ1) is 11.1. The molecule has 0 unspecified atom stereocenters. The maximum atomic E-state index is 12.0. The zero-order valence-corrected chi connectivity index (χ0v) is 14.0. The zero-order valence-electron chi connectivity index (χ0n) is 12.4. The number of carbonyl (C=O) groups is 2. The summed E-state index contributed by atoms with van der Waals surface area (Å²) >= 11 is 7.26. The van der Waals surface area contributed by atoms with Crippen LogP contribution in [0.1, 0.15) is 36.2 Å². The van der Waals surface area contributed by atoms with E-state index < -0.39 is 5.97 Å². The number of amides is 1. The second-order valence-corrected chi connectivity index (χ2v) is 6.30. The van der Waals surface area contributed by atoms with Crippen molar-refractivity contribution in [1.82, 2.24) is 10.3 Å². The van der Waals surface area contributed by atoms with E-state index in [4.69, 9.17) is 16.7 Å². The molecule has 2 aromatic rings. The first-order valence-electron chi connectivity index (χ1n) is 7.28. The molecule has 0 fully saturated rings. The molecule has 5 nitrogen and oxygen atoms in total. The number of carboxylic acid groups (broad SMARTS) is 1. The molecule has 1 heterocycles. The topological polar surface area (TPSA) is 79.3 Å². The van der Waals surface area contributed by atoms with Gasteiger partial charge >= 0.3 is 5.97 Å². The van der Waals surface area contributed by atoms with Crippen LogP contribution in [0.4, 0.5) is 0 Å². The number of nitrogens with one attached hydrogen (secondary N) is 1. The normalized spacial score (nSPS) is 10.5. The van der Waals surface area contributed by atoms with Crippen molar-refractivity contribution >= 4 is 34.8 Å². The van der Waals surface area contributed by atoms with E-state index in [0.29, 0.717) is 23.7 Å². The first-order valence-corrected chi connectivity index (χ1v) is 8.53. The van der Waals surface area contributed by atoms with Crippen LogP contribution in [0, 0.1) is 0 Å². The second kappa shape index (κ2) is 8.64. The van der Waals surface area contributed by atoms with Gasteiger partial charge in [0.15, 0.2) is 0 Å². The summed E-state index contributed by atoms with van der Waals surface area (Å²) in [5.74, 6) is -0.995. The predicted molar refractivity (Wildman–Crippen MR) is 91.0 cm³/mol. The lowest BCUT2D eigenvalue weighted by atomic mass is 10.2. The van der Waals surface area contributed by atoms with E-state index in [1.165, 1.54) is 11.3 Å². The quantitative estimate of drug-likeness (QED) is 0.707. The molecule has 0 aliphatic carbocycles. The minimum absolute atomic E-state index is 0.171. The molecule has 2 N–H and O–H groups in total. The van der Waals surface area contributed by atoms with Crippen molar-refractivity contribution in [1.29, 1.82) is 0 Å². The third-order valence-corrected chi connectivity index (χ3v) is 4.32. The van der Waals surface area contributed by atoms with Crippen LogP contribution >= 0.6 is 22.9 Å². The highest BCUT2D eigenvalue weighted by atomic mass is 35.5. The average Bonchev–Trinajstić information content (AvgIpc) is 3.01. The molecule has 0 radical (unpaired) electrons. The van der Waals surface area contributed by atoms with Gasteiger partial charge in [-0.15, -0.1) is 11.3 Å². The summed E-state index contributed by atoms with van der Waals surface area (Å²) in [7, 11) is 0. The maximum Gasteiger partial charge on any atom is 0.303 e. The Bertz CT molecular complexity index is 670. The third-order valence-electron chi connectivity index (χ3n) is 3.18. The van der Waals surface area contributed by atoms with Gasteiger partial charge in [-0.05, 0) is 25.0 Å². The number of nitrogens with zero attached hydrogens (tertiary/aromatic N) is 1. The summed E-state index contributed by atoms with van der Waals surface area (Å²) in [5.41, 5.74) is 1.32. The molecule has 0 saturated heterocycles. The van der Waals surface area contributed by atoms with Gasteiger partial charge in [-0.3, -0.25) is 9.59 Å². The summed E-state index contributed by atoms with van der Waals surface area (Å²) < 4.78 is 0. The number of aliphatic carboxylic acids is 1. The average molecular weight is 353 g/mol. The van der Waals surface area contributed by atoms with Crippen LogP contribution in [0.2, 0.25) is 5.02 Å². The third kappa shape index (κ3) is 5.65. The highest BCUT2D eigenvalue weighted by Crippen LogP contribution is 2.25. The predicted octanol–water partition coefficient (Wildman–Crippen LogP) is 3.84. The van der Waals surface area contributed by atoms with Gasteiger partial charge in [0, 0.05) is 28.9 Å². The number of hydrogen-bond acceptors (Lipinski definition) is 4. The molecule has 7 heteroatoms. The van der Waals surface area contributed by atoms with Crippen LogP contribution in [0.15, 0.2) is 29.6 Å². The minimum atomic E-state index is -0.786. The number of hydrogen-bond donors (Lipinski definition) is 2. The number of unbranched alkanes of at least 4 members (excludes halogenated alkanes) is 2. The summed E-state index contributed by atoms with van der Waals surface area (Å²) in [6.45, 7) is 0.520. The first kappa shape index (κ1) is 17.4. The number of aromatic nitrogens is 1. The fraction of sp³-hybridized carbons (Fsp3) is 0.312. The smallest absolute Gasteiger partial charge is 0.303 e. The van der Waals surface area contributed by atoms with E-state index in [0.717, 1.165) is 23.4 Å². The molecule has 0 aliphatic heterocycles. The summed E-state index contributed by atoms with van der Waals surface area (Å²) in [6, 6.07) is 7.31. The van der Waals surface area contributed by atoms with Crippen LogP contribution in [0.25, 0.3) is 10.6 Å². The number of carbonyl (C=O) groups excluding carboxylic acids is 1. The SMILES string of the molecule is O=C(O)CCCCCNC(=O)c1csc(-c2ccc(Cl)cc2)n1. The molecule has 1 amide bonds. The van der Waals surface area contributed by atoms with Crippen LogP contribution in [0.5, 0.6) is 0 Å². The zero-order chi connectivity index (χ0) is 16.7. The number of benzene rings is 1. The molecule has 0 aliphatic rings. The van der Waals surface area contributed by atoms with Gasteiger partial charge in [-0.25, -0.2) is 4.98 Å². The van der Waals surface area contributed by atoms with Gasteiger partial charge in [0.25, 0.3) is 5.91 Å². The minimum Gasteiger partial charge on any atom is -0.481 e. The Morgan fingerprint density at radius 1 is 1.17 bits per heavy atom. The standard InChI is InChI=1S/C16H17ClN2O3S/c17-12-7-5-11(6-8-12)16-19-13(10-23-16)15(22)18-9-3-1-2-4-14(20)21/h5-8,10H,1-4,9H2,(H,18,22)(H,20,21). The van der Waals surface area contributed by atoms with E-state index in [1.807, 2.05) is 12.1 Å². The molecule has 0 saturated carbocycles. The fourth-order valence-corrected chi connectivity index (χ4v) is 2.91. The largest absolute Gasteiger partial charge is 0.481 e. The molecule has 0 spiro atoms. The molecule has 122 valence electrons. The lowest BCUT2D eigenvalue weighted by Crippen LogP contribution is -2.24. The Hall–Kier alpha value is -1.92. The van der Waals surface area contributed by atoms with Crippen molar-refractivity contribution in [2.24, 2.45) is 0 Å². The molecule has 23 heavy (non-hydrogen) atoms. The Morgan fingerprint density at radius 3 is 2.61 bits per heavy atom. The molecule has 1 aromatic heterocycles. The van der Waals surface area contributed by atoms with Crippen LogP contribution < -0.4 is 5.32 Å². The highest BCUT2D eigenvalue weighted by molar-refractivity contribution is 7.13. The van der Waals surface area contributed by atoms with Gasteiger partial charge in [-0.1, -0.05) is 30.2 Å². The van der Waals surface area contributed by atoms with E-state index in [-0.39, 0.29) is 12.3 Å².